The van der Waals surface area contributed by atoms with E-state index in [1.165, 1.54) is 0 Å². The number of benzene rings is 1. The standard InChI is InChI=1S/C21H29N3O4/c1-3-23(4-2)19(25)16-8-7-11-22(14-16)15-24-18-10-6-5-9-17(18)21(20(24)26)27-12-13-28-21/h5-6,9-10,16H,3-4,7-8,11-15H2,1-2H3/t16-/m1/s1. The van der Waals surface area contributed by atoms with E-state index in [0.29, 0.717) is 26.4 Å². The van der Waals surface area contributed by atoms with Crippen molar-refractivity contribution in [2.75, 3.05) is 51.0 Å². The van der Waals surface area contributed by atoms with Crippen molar-refractivity contribution in [3.63, 3.8) is 0 Å². The van der Waals surface area contributed by atoms with Gasteiger partial charge in [0.1, 0.15) is 0 Å². The Morgan fingerprint density at radius 1 is 1.21 bits per heavy atom. The molecule has 0 N–H and O–H groups in total. The Kier molecular flexibility index (Phi) is 5.40. The number of rotatable bonds is 5. The third-order valence-corrected chi connectivity index (χ3v) is 6.04. The topological polar surface area (TPSA) is 62.3 Å². The summed E-state index contributed by atoms with van der Waals surface area (Å²) < 4.78 is 11.6. The molecule has 0 unspecified atom stereocenters. The Hall–Kier alpha value is -1.96. The van der Waals surface area contributed by atoms with Gasteiger partial charge in [0.05, 0.1) is 31.5 Å². The summed E-state index contributed by atoms with van der Waals surface area (Å²) in [5, 5.41) is 0. The Balaban J connectivity index is 1.51. The maximum atomic E-state index is 13.3. The van der Waals surface area contributed by atoms with Crippen molar-refractivity contribution in [2.45, 2.75) is 32.5 Å². The van der Waals surface area contributed by atoms with Crippen molar-refractivity contribution >= 4 is 17.5 Å². The van der Waals surface area contributed by atoms with Gasteiger partial charge in [-0.25, -0.2) is 0 Å². The number of carbonyl (C=O) groups is 2. The van der Waals surface area contributed by atoms with E-state index in [4.69, 9.17) is 9.47 Å². The normalized spacial score (nSPS) is 24.0. The largest absolute Gasteiger partial charge is 0.343 e. The molecule has 7 heteroatoms. The molecular weight excluding hydrogens is 358 g/mol. The van der Waals surface area contributed by atoms with Gasteiger partial charge in [0, 0.05) is 25.2 Å². The molecule has 28 heavy (non-hydrogen) atoms. The minimum atomic E-state index is -1.29. The average Bonchev–Trinajstić information content (AvgIpc) is 3.31. The summed E-state index contributed by atoms with van der Waals surface area (Å²) in [4.78, 5) is 31.9. The highest BCUT2D eigenvalue weighted by Gasteiger charge is 2.56. The molecule has 4 rings (SSSR count). The van der Waals surface area contributed by atoms with E-state index in [1.54, 1.807) is 4.90 Å². The number of carbonyl (C=O) groups excluding carboxylic acids is 2. The van der Waals surface area contributed by atoms with E-state index < -0.39 is 5.79 Å². The number of hydrogen-bond acceptors (Lipinski definition) is 5. The van der Waals surface area contributed by atoms with Gasteiger partial charge in [0.2, 0.25) is 5.91 Å². The first-order valence-corrected chi connectivity index (χ1v) is 10.3. The molecule has 0 aromatic heterocycles. The van der Waals surface area contributed by atoms with E-state index in [1.807, 2.05) is 43.0 Å². The van der Waals surface area contributed by atoms with Crippen molar-refractivity contribution in [1.82, 2.24) is 9.80 Å². The first-order valence-electron chi connectivity index (χ1n) is 10.3. The Morgan fingerprint density at radius 3 is 2.64 bits per heavy atom. The average molecular weight is 387 g/mol. The highest BCUT2D eigenvalue weighted by atomic mass is 16.7. The fraction of sp³-hybridized carbons (Fsp3) is 0.619. The van der Waals surface area contributed by atoms with E-state index in [9.17, 15) is 9.59 Å². The number of amides is 2. The number of fused-ring (bicyclic) bond motifs is 2. The molecule has 1 spiro atoms. The van der Waals surface area contributed by atoms with Crippen LogP contribution in [-0.2, 0) is 24.8 Å². The fourth-order valence-electron chi connectivity index (χ4n) is 4.60. The van der Waals surface area contributed by atoms with Gasteiger partial charge in [-0.1, -0.05) is 18.2 Å². The minimum Gasteiger partial charge on any atom is -0.343 e. The number of nitrogens with zero attached hydrogens (tertiary/aromatic N) is 3. The molecule has 3 aliphatic heterocycles. The fourth-order valence-corrected chi connectivity index (χ4v) is 4.60. The molecule has 152 valence electrons. The lowest BCUT2D eigenvalue weighted by Crippen LogP contribution is -2.50. The van der Waals surface area contributed by atoms with Crippen molar-refractivity contribution in [3.05, 3.63) is 29.8 Å². The zero-order valence-electron chi connectivity index (χ0n) is 16.7. The summed E-state index contributed by atoms with van der Waals surface area (Å²) in [7, 11) is 0. The lowest BCUT2D eigenvalue weighted by molar-refractivity contribution is -0.181. The predicted molar refractivity (Wildman–Crippen MR) is 105 cm³/mol. The third kappa shape index (κ3) is 3.11. The van der Waals surface area contributed by atoms with E-state index in [2.05, 4.69) is 4.90 Å². The van der Waals surface area contributed by atoms with Crippen molar-refractivity contribution < 1.29 is 19.1 Å². The van der Waals surface area contributed by atoms with Crippen molar-refractivity contribution in [1.29, 1.82) is 0 Å². The van der Waals surface area contributed by atoms with Gasteiger partial charge in [-0.05, 0) is 39.3 Å². The van der Waals surface area contributed by atoms with Crippen LogP contribution in [0, 0.1) is 5.92 Å². The van der Waals surface area contributed by atoms with Gasteiger partial charge in [-0.3, -0.25) is 19.4 Å². The maximum Gasteiger partial charge on any atom is 0.293 e. The quantitative estimate of drug-likeness (QED) is 0.771. The second-order valence-corrected chi connectivity index (χ2v) is 7.63. The van der Waals surface area contributed by atoms with Gasteiger partial charge in [0.25, 0.3) is 11.7 Å². The molecule has 1 aromatic rings. The molecule has 0 radical (unpaired) electrons. The number of ether oxygens (including phenoxy) is 2. The van der Waals surface area contributed by atoms with E-state index in [-0.39, 0.29) is 17.7 Å². The second kappa shape index (κ2) is 7.81. The third-order valence-electron chi connectivity index (χ3n) is 6.04. The molecule has 2 saturated heterocycles. The van der Waals surface area contributed by atoms with Crippen LogP contribution >= 0.6 is 0 Å². The minimum absolute atomic E-state index is 0.00506. The predicted octanol–water partition coefficient (Wildman–Crippen LogP) is 1.77. The monoisotopic (exact) mass is 387 g/mol. The molecule has 2 fully saturated rings. The summed E-state index contributed by atoms with van der Waals surface area (Å²) in [6.45, 7) is 8.34. The summed E-state index contributed by atoms with van der Waals surface area (Å²) >= 11 is 0. The van der Waals surface area contributed by atoms with Crippen LogP contribution in [0.15, 0.2) is 24.3 Å². The van der Waals surface area contributed by atoms with Crippen molar-refractivity contribution in [2.24, 2.45) is 5.92 Å². The summed E-state index contributed by atoms with van der Waals surface area (Å²) in [6.07, 6.45) is 1.87. The molecule has 7 nitrogen and oxygen atoms in total. The summed E-state index contributed by atoms with van der Waals surface area (Å²) in [5.74, 6) is -1.23. The number of likely N-dealkylation sites (tertiary alicyclic amines) is 1. The molecule has 3 heterocycles. The van der Waals surface area contributed by atoms with Gasteiger partial charge in [0.15, 0.2) is 0 Å². The summed E-state index contributed by atoms with van der Waals surface area (Å²) in [6, 6.07) is 7.68. The molecular formula is C21H29N3O4. The van der Waals surface area contributed by atoms with Gasteiger partial charge in [-0.2, -0.15) is 0 Å². The molecule has 2 amide bonds. The highest BCUT2D eigenvalue weighted by molar-refractivity contribution is 6.06. The smallest absolute Gasteiger partial charge is 0.293 e. The Labute approximate surface area is 166 Å². The summed E-state index contributed by atoms with van der Waals surface area (Å²) in [5.41, 5.74) is 1.62. The first-order chi connectivity index (χ1) is 13.6. The van der Waals surface area contributed by atoms with Crippen LogP contribution in [0.2, 0.25) is 0 Å². The molecule has 1 atom stereocenters. The first kappa shape index (κ1) is 19.4. The van der Waals surface area contributed by atoms with Gasteiger partial charge >= 0.3 is 0 Å². The zero-order valence-corrected chi connectivity index (χ0v) is 16.7. The van der Waals surface area contributed by atoms with Gasteiger partial charge < -0.3 is 14.4 Å². The van der Waals surface area contributed by atoms with Crippen LogP contribution in [0.25, 0.3) is 0 Å². The lowest BCUT2D eigenvalue weighted by Gasteiger charge is -2.36. The SMILES string of the molecule is CCN(CC)C(=O)[C@@H]1CCCN(CN2C(=O)C3(OCCO3)c3ccccc32)C1. The zero-order chi connectivity index (χ0) is 19.7. The number of piperidine rings is 1. The number of anilines is 1. The van der Waals surface area contributed by atoms with Crippen LogP contribution < -0.4 is 4.90 Å². The Bertz CT molecular complexity index is 743. The molecule has 3 aliphatic rings. The van der Waals surface area contributed by atoms with E-state index >= 15 is 0 Å². The molecule has 0 saturated carbocycles. The molecule has 0 aliphatic carbocycles. The van der Waals surface area contributed by atoms with Crippen molar-refractivity contribution in [3.8, 4) is 0 Å². The van der Waals surface area contributed by atoms with Crippen LogP contribution in [0.3, 0.4) is 0 Å². The van der Waals surface area contributed by atoms with Crippen LogP contribution in [0.4, 0.5) is 5.69 Å². The second-order valence-electron chi connectivity index (χ2n) is 7.63. The maximum absolute atomic E-state index is 13.3. The molecule has 1 aromatic carbocycles. The number of hydrogen-bond donors (Lipinski definition) is 0. The van der Waals surface area contributed by atoms with Crippen LogP contribution in [0.5, 0.6) is 0 Å². The van der Waals surface area contributed by atoms with Gasteiger partial charge in [-0.15, -0.1) is 0 Å². The molecule has 0 bridgehead atoms. The highest BCUT2D eigenvalue weighted by Crippen LogP contribution is 2.45. The van der Waals surface area contributed by atoms with E-state index in [0.717, 1.165) is 43.7 Å². The Morgan fingerprint density at radius 2 is 1.93 bits per heavy atom. The number of para-hydroxylation sites is 1. The lowest BCUT2D eigenvalue weighted by atomic mass is 9.96. The van der Waals surface area contributed by atoms with Crippen LogP contribution in [-0.4, -0.2) is 67.7 Å². The van der Waals surface area contributed by atoms with Crippen LogP contribution in [0.1, 0.15) is 32.3 Å².